The molecule has 1 amide bonds. The molecule has 7 nitrogen and oxygen atoms in total. The van der Waals surface area contributed by atoms with Crippen LogP contribution in [0.3, 0.4) is 0 Å². The molecular weight excluding hydrogens is 386 g/mol. The van der Waals surface area contributed by atoms with E-state index in [1.54, 1.807) is 42.5 Å². The lowest BCUT2D eigenvalue weighted by Crippen LogP contribution is -2.30. The molecule has 2 aromatic rings. The molecule has 3 rings (SSSR count). The summed E-state index contributed by atoms with van der Waals surface area (Å²) in [6, 6.07) is 11.4. The highest BCUT2D eigenvalue weighted by Crippen LogP contribution is 2.34. The van der Waals surface area contributed by atoms with Crippen molar-refractivity contribution in [2.75, 3.05) is 12.1 Å². The molecule has 0 radical (unpaired) electrons. The van der Waals surface area contributed by atoms with Gasteiger partial charge in [-0.25, -0.2) is 0 Å². The van der Waals surface area contributed by atoms with Crippen LogP contribution in [0.5, 0.6) is 11.5 Å². The summed E-state index contributed by atoms with van der Waals surface area (Å²) in [5, 5.41) is 3.17. The predicted octanol–water partition coefficient (Wildman–Crippen LogP) is 3.60. The maximum atomic E-state index is 12.2. The van der Waals surface area contributed by atoms with Crippen LogP contribution in [-0.4, -0.2) is 30.6 Å². The number of carbonyl (C=O) groups excluding carboxylic acids is 3. The fraction of sp³-hybridized carbons (Fsp3) is 0.250. The summed E-state index contributed by atoms with van der Waals surface area (Å²) in [4.78, 5) is 36.2. The molecule has 0 fully saturated rings. The van der Waals surface area contributed by atoms with Gasteiger partial charge in [-0.05, 0) is 43.3 Å². The Bertz CT molecular complexity index is 896. The number of Topliss-reactive ketones (excluding diaryl/α,β-unsaturated/α-hetero) is 1. The average molecular weight is 404 g/mol. The van der Waals surface area contributed by atoms with Crippen LogP contribution >= 0.6 is 11.6 Å². The lowest BCUT2D eigenvalue weighted by Gasteiger charge is -2.13. The predicted molar refractivity (Wildman–Crippen MR) is 102 cm³/mol. The Morgan fingerprint density at radius 3 is 2.54 bits per heavy atom. The van der Waals surface area contributed by atoms with Crippen molar-refractivity contribution in [3.8, 4) is 11.5 Å². The Balaban J connectivity index is 1.46. The minimum atomic E-state index is -1.01. The molecule has 1 N–H and O–H groups in total. The maximum absolute atomic E-state index is 12.2. The van der Waals surface area contributed by atoms with E-state index in [0.717, 1.165) is 0 Å². The van der Waals surface area contributed by atoms with Crippen LogP contribution in [-0.2, 0) is 14.3 Å². The van der Waals surface area contributed by atoms with Gasteiger partial charge in [0.15, 0.2) is 23.4 Å². The number of hydrogen-bond donors (Lipinski definition) is 1. The Hall–Kier alpha value is -3.06. The lowest BCUT2D eigenvalue weighted by molar-refractivity contribution is -0.153. The van der Waals surface area contributed by atoms with Gasteiger partial charge in [0.05, 0.1) is 6.42 Å². The Labute approximate surface area is 166 Å². The molecule has 1 heterocycles. The fourth-order valence-electron chi connectivity index (χ4n) is 2.52. The second-order valence-electron chi connectivity index (χ2n) is 6.12. The first-order valence-corrected chi connectivity index (χ1v) is 8.99. The van der Waals surface area contributed by atoms with Crippen LogP contribution in [0, 0.1) is 0 Å². The maximum Gasteiger partial charge on any atom is 0.307 e. The average Bonchev–Trinajstić information content (AvgIpc) is 3.14. The highest BCUT2D eigenvalue weighted by atomic mass is 35.5. The topological polar surface area (TPSA) is 90.9 Å². The SMILES string of the molecule is C[C@@H](OC(=O)CCC(=O)c1ccc(Cl)cc1)C(=O)Nc1ccc2c(c1)OCO2. The molecule has 0 saturated heterocycles. The number of amides is 1. The number of hydrogen-bond acceptors (Lipinski definition) is 6. The Kier molecular flexibility index (Phi) is 6.16. The largest absolute Gasteiger partial charge is 0.454 e. The molecule has 0 spiro atoms. The number of ketones is 1. The molecule has 8 heteroatoms. The van der Waals surface area contributed by atoms with E-state index in [1.165, 1.54) is 6.92 Å². The van der Waals surface area contributed by atoms with Gasteiger partial charge in [0, 0.05) is 28.8 Å². The summed E-state index contributed by atoms with van der Waals surface area (Å²) in [7, 11) is 0. The lowest BCUT2D eigenvalue weighted by atomic mass is 10.1. The zero-order valence-electron chi connectivity index (χ0n) is 15.1. The summed E-state index contributed by atoms with van der Waals surface area (Å²) in [6.45, 7) is 1.59. The number of esters is 1. The molecule has 0 unspecified atom stereocenters. The van der Waals surface area contributed by atoms with Crippen LogP contribution in [0.4, 0.5) is 5.69 Å². The van der Waals surface area contributed by atoms with Gasteiger partial charge in [-0.2, -0.15) is 0 Å². The minimum Gasteiger partial charge on any atom is -0.454 e. The molecule has 0 aromatic heterocycles. The van der Waals surface area contributed by atoms with Gasteiger partial charge >= 0.3 is 5.97 Å². The normalized spacial score (nSPS) is 12.9. The van der Waals surface area contributed by atoms with E-state index >= 15 is 0 Å². The summed E-state index contributed by atoms with van der Waals surface area (Å²) >= 11 is 5.78. The zero-order chi connectivity index (χ0) is 20.1. The minimum absolute atomic E-state index is 0.0169. The van der Waals surface area contributed by atoms with E-state index in [4.69, 9.17) is 25.8 Å². The van der Waals surface area contributed by atoms with Crippen LogP contribution in [0.25, 0.3) is 0 Å². The molecule has 1 aliphatic heterocycles. The number of benzene rings is 2. The summed E-state index contributed by atoms with van der Waals surface area (Å²) in [5.74, 6) is -0.191. The van der Waals surface area contributed by atoms with E-state index in [1.807, 2.05) is 0 Å². The van der Waals surface area contributed by atoms with E-state index in [2.05, 4.69) is 5.32 Å². The zero-order valence-corrected chi connectivity index (χ0v) is 15.8. The van der Waals surface area contributed by atoms with Crippen molar-refractivity contribution in [1.29, 1.82) is 0 Å². The third kappa shape index (κ3) is 5.01. The van der Waals surface area contributed by atoms with E-state index in [-0.39, 0.29) is 25.4 Å². The molecule has 28 heavy (non-hydrogen) atoms. The Morgan fingerprint density at radius 2 is 1.79 bits per heavy atom. The first-order chi connectivity index (χ1) is 13.4. The molecule has 1 atom stereocenters. The number of rotatable bonds is 7. The van der Waals surface area contributed by atoms with Crippen LogP contribution in [0.1, 0.15) is 30.1 Å². The molecule has 0 bridgehead atoms. The molecule has 0 saturated carbocycles. The third-order valence-corrected chi connectivity index (χ3v) is 4.29. The van der Waals surface area contributed by atoms with Gasteiger partial charge < -0.3 is 19.5 Å². The van der Waals surface area contributed by atoms with Crippen molar-refractivity contribution in [2.24, 2.45) is 0 Å². The monoisotopic (exact) mass is 403 g/mol. The number of halogens is 1. The van der Waals surface area contributed by atoms with Crippen LogP contribution in [0.2, 0.25) is 5.02 Å². The quantitative estimate of drug-likeness (QED) is 0.561. The van der Waals surface area contributed by atoms with Crippen LogP contribution in [0.15, 0.2) is 42.5 Å². The molecule has 2 aromatic carbocycles. The van der Waals surface area contributed by atoms with Crippen molar-refractivity contribution in [1.82, 2.24) is 0 Å². The summed E-state index contributed by atoms with van der Waals surface area (Å²) in [6.07, 6.45) is -1.15. The highest BCUT2D eigenvalue weighted by molar-refractivity contribution is 6.30. The molecular formula is C20H18ClNO6. The standard InChI is InChI=1S/C20H18ClNO6/c1-12(20(25)22-15-6-8-17-18(10-15)27-11-26-17)28-19(24)9-7-16(23)13-2-4-14(21)5-3-13/h2-6,8,10,12H,7,9,11H2,1H3,(H,22,25)/t12-/m1/s1. The van der Waals surface area contributed by atoms with Crippen molar-refractivity contribution < 1.29 is 28.6 Å². The Morgan fingerprint density at radius 1 is 1.07 bits per heavy atom. The van der Waals surface area contributed by atoms with Crippen molar-refractivity contribution in [3.05, 3.63) is 53.1 Å². The smallest absolute Gasteiger partial charge is 0.307 e. The van der Waals surface area contributed by atoms with Gasteiger partial charge in [-0.1, -0.05) is 11.6 Å². The fourth-order valence-corrected chi connectivity index (χ4v) is 2.65. The molecule has 146 valence electrons. The van der Waals surface area contributed by atoms with Crippen molar-refractivity contribution >= 4 is 34.9 Å². The summed E-state index contributed by atoms with van der Waals surface area (Å²) in [5.41, 5.74) is 0.959. The van der Waals surface area contributed by atoms with Gasteiger partial charge in [-0.15, -0.1) is 0 Å². The molecule has 0 aliphatic carbocycles. The second-order valence-corrected chi connectivity index (χ2v) is 6.56. The van der Waals surface area contributed by atoms with E-state index < -0.39 is 18.0 Å². The van der Waals surface area contributed by atoms with Gasteiger partial charge in [0.1, 0.15) is 0 Å². The van der Waals surface area contributed by atoms with Gasteiger partial charge in [0.25, 0.3) is 5.91 Å². The van der Waals surface area contributed by atoms with Gasteiger partial charge in [-0.3, -0.25) is 14.4 Å². The van der Waals surface area contributed by atoms with Crippen molar-refractivity contribution in [2.45, 2.75) is 25.9 Å². The van der Waals surface area contributed by atoms with Crippen molar-refractivity contribution in [3.63, 3.8) is 0 Å². The van der Waals surface area contributed by atoms with E-state index in [9.17, 15) is 14.4 Å². The van der Waals surface area contributed by atoms with Gasteiger partial charge in [0.2, 0.25) is 6.79 Å². The third-order valence-electron chi connectivity index (χ3n) is 4.04. The summed E-state index contributed by atoms with van der Waals surface area (Å²) < 4.78 is 15.6. The van der Waals surface area contributed by atoms with E-state index in [0.29, 0.717) is 27.8 Å². The van der Waals surface area contributed by atoms with Crippen LogP contribution < -0.4 is 14.8 Å². The first kappa shape index (κ1) is 19.7. The number of anilines is 1. The number of nitrogens with one attached hydrogen (secondary N) is 1. The number of ether oxygens (including phenoxy) is 3. The first-order valence-electron chi connectivity index (χ1n) is 8.61. The number of fused-ring (bicyclic) bond motifs is 1. The molecule has 1 aliphatic rings. The second kappa shape index (κ2) is 8.75. The number of carbonyl (C=O) groups is 3. The highest BCUT2D eigenvalue weighted by Gasteiger charge is 2.20.